The summed E-state index contributed by atoms with van der Waals surface area (Å²) < 4.78 is 1.01. The van der Waals surface area contributed by atoms with Crippen molar-refractivity contribution in [2.75, 3.05) is 5.32 Å². The van der Waals surface area contributed by atoms with E-state index in [4.69, 9.17) is 11.6 Å². The normalized spacial score (nSPS) is 10.2. The van der Waals surface area contributed by atoms with E-state index in [-0.39, 0.29) is 5.91 Å². The van der Waals surface area contributed by atoms with Crippen LogP contribution >= 0.6 is 27.5 Å². The van der Waals surface area contributed by atoms with E-state index in [0.717, 1.165) is 15.7 Å². The molecule has 18 heavy (non-hydrogen) atoms. The van der Waals surface area contributed by atoms with Crippen LogP contribution in [-0.2, 0) is 0 Å². The second kappa shape index (κ2) is 5.55. The largest absolute Gasteiger partial charge is 0.322 e. The van der Waals surface area contributed by atoms with Gasteiger partial charge in [0.1, 0.15) is 0 Å². The van der Waals surface area contributed by atoms with Gasteiger partial charge in [0.05, 0.1) is 10.6 Å². The molecular formula is C14H11BrClNO. The fraction of sp³-hybridized carbons (Fsp3) is 0.0714. The van der Waals surface area contributed by atoms with Crippen LogP contribution in [0.25, 0.3) is 0 Å². The molecule has 92 valence electrons. The number of rotatable bonds is 2. The number of halogens is 2. The SMILES string of the molecule is Cc1cc(NC(=O)c2ccccc2Cl)ccc1Br. The fourth-order valence-electron chi connectivity index (χ4n) is 1.57. The smallest absolute Gasteiger partial charge is 0.257 e. The van der Waals surface area contributed by atoms with E-state index in [0.29, 0.717) is 10.6 Å². The highest BCUT2D eigenvalue weighted by molar-refractivity contribution is 9.10. The van der Waals surface area contributed by atoms with Crippen molar-refractivity contribution >= 4 is 39.1 Å². The number of carbonyl (C=O) groups is 1. The molecule has 0 aliphatic heterocycles. The van der Waals surface area contributed by atoms with Crippen LogP contribution in [0.1, 0.15) is 15.9 Å². The Kier molecular flexibility index (Phi) is 4.04. The van der Waals surface area contributed by atoms with Crippen molar-refractivity contribution in [1.82, 2.24) is 0 Å². The first-order valence-corrected chi connectivity index (χ1v) is 6.57. The third-order valence-electron chi connectivity index (χ3n) is 2.53. The summed E-state index contributed by atoms with van der Waals surface area (Å²) in [7, 11) is 0. The summed E-state index contributed by atoms with van der Waals surface area (Å²) in [5, 5.41) is 3.27. The van der Waals surface area contributed by atoms with Crippen LogP contribution in [0.15, 0.2) is 46.9 Å². The summed E-state index contributed by atoms with van der Waals surface area (Å²) in [6, 6.07) is 12.6. The summed E-state index contributed by atoms with van der Waals surface area (Å²) in [6.07, 6.45) is 0. The first-order valence-electron chi connectivity index (χ1n) is 5.40. The molecule has 2 aromatic carbocycles. The fourth-order valence-corrected chi connectivity index (χ4v) is 2.03. The molecule has 1 amide bonds. The molecule has 0 saturated carbocycles. The molecule has 2 rings (SSSR count). The van der Waals surface area contributed by atoms with Gasteiger partial charge < -0.3 is 5.32 Å². The number of hydrogen-bond donors (Lipinski definition) is 1. The third kappa shape index (κ3) is 2.92. The molecular weight excluding hydrogens is 314 g/mol. The minimum Gasteiger partial charge on any atom is -0.322 e. The van der Waals surface area contributed by atoms with Gasteiger partial charge in [0.25, 0.3) is 5.91 Å². The standard InChI is InChI=1S/C14H11BrClNO/c1-9-8-10(6-7-12(9)15)17-14(18)11-4-2-3-5-13(11)16/h2-8H,1H3,(H,17,18). The highest BCUT2D eigenvalue weighted by Crippen LogP contribution is 2.21. The van der Waals surface area contributed by atoms with Crippen LogP contribution in [0.3, 0.4) is 0 Å². The molecule has 0 spiro atoms. The lowest BCUT2D eigenvalue weighted by Gasteiger charge is -2.08. The quantitative estimate of drug-likeness (QED) is 0.855. The van der Waals surface area contributed by atoms with Gasteiger partial charge in [-0.3, -0.25) is 4.79 Å². The molecule has 2 aromatic rings. The van der Waals surface area contributed by atoms with E-state index in [2.05, 4.69) is 21.2 Å². The van der Waals surface area contributed by atoms with Gasteiger partial charge >= 0.3 is 0 Å². The number of hydrogen-bond acceptors (Lipinski definition) is 1. The van der Waals surface area contributed by atoms with Crippen LogP contribution in [0, 0.1) is 6.92 Å². The van der Waals surface area contributed by atoms with E-state index in [1.54, 1.807) is 24.3 Å². The summed E-state index contributed by atoms with van der Waals surface area (Å²) >= 11 is 9.39. The second-order valence-corrected chi connectivity index (χ2v) is 5.16. The molecule has 4 heteroatoms. The van der Waals surface area contributed by atoms with Gasteiger partial charge in [-0.1, -0.05) is 39.7 Å². The number of nitrogens with one attached hydrogen (secondary N) is 1. The lowest BCUT2D eigenvalue weighted by Crippen LogP contribution is -2.12. The molecule has 0 bridgehead atoms. The lowest BCUT2D eigenvalue weighted by atomic mass is 10.2. The Morgan fingerprint density at radius 3 is 2.61 bits per heavy atom. The molecule has 0 heterocycles. The first-order chi connectivity index (χ1) is 8.58. The molecule has 0 saturated heterocycles. The number of carbonyl (C=O) groups excluding carboxylic acids is 1. The molecule has 0 radical (unpaired) electrons. The molecule has 0 atom stereocenters. The van der Waals surface area contributed by atoms with Crippen molar-refractivity contribution < 1.29 is 4.79 Å². The van der Waals surface area contributed by atoms with E-state index in [9.17, 15) is 4.79 Å². The molecule has 1 N–H and O–H groups in total. The minimum atomic E-state index is -0.206. The van der Waals surface area contributed by atoms with Gasteiger partial charge in [0.2, 0.25) is 0 Å². The maximum Gasteiger partial charge on any atom is 0.257 e. The van der Waals surface area contributed by atoms with Crippen molar-refractivity contribution in [3.05, 3.63) is 63.1 Å². The molecule has 0 aromatic heterocycles. The Balaban J connectivity index is 2.22. The average molecular weight is 325 g/mol. The number of benzene rings is 2. The van der Waals surface area contributed by atoms with Crippen molar-refractivity contribution in [1.29, 1.82) is 0 Å². The van der Waals surface area contributed by atoms with Crippen molar-refractivity contribution in [2.45, 2.75) is 6.92 Å². The average Bonchev–Trinajstić information content (AvgIpc) is 2.34. The van der Waals surface area contributed by atoms with Crippen molar-refractivity contribution in [3.8, 4) is 0 Å². The Morgan fingerprint density at radius 1 is 1.22 bits per heavy atom. The molecule has 0 aliphatic rings. The summed E-state index contributed by atoms with van der Waals surface area (Å²) in [4.78, 5) is 12.0. The Labute approximate surface area is 119 Å². The zero-order chi connectivity index (χ0) is 13.1. The minimum absolute atomic E-state index is 0.206. The maximum atomic E-state index is 12.0. The van der Waals surface area contributed by atoms with Gasteiger partial charge in [-0.05, 0) is 42.8 Å². The van der Waals surface area contributed by atoms with E-state index >= 15 is 0 Å². The van der Waals surface area contributed by atoms with Crippen molar-refractivity contribution in [2.24, 2.45) is 0 Å². The summed E-state index contributed by atoms with van der Waals surface area (Å²) in [6.45, 7) is 1.97. The number of amides is 1. The Bertz CT molecular complexity index is 598. The maximum absolute atomic E-state index is 12.0. The van der Waals surface area contributed by atoms with Crippen molar-refractivity contribution in [3.63, 3.8) is 0 Å². The topological polar surface area (TPSA) is 29.1 Å². The first kappa shape index (κ1) is 13.1. The highest BCUT2D eigenvalue weighted by atomic mass is 79.9. The van der Waals surface area contributed by atoms with Gasteiger partial charge in [0.15, 0.2) is 0 Å². The van der Waals surface area contributed by atoms with Crippen LogP contribution in [0.2, 0.25) is 5.02 Å². The zero-order valence-corrected chi connectivity index (χ0v) is 12.0. The van der Waals surface area contributed by atoms with E-state index < -0.39 is 0 Å². The van der Waals surface area contributed by atoms with Gasteiger partial charge in [0, 0.05) is 10.2 Å². The number of aryl methyl sites for hydroxylation is 1. The predicted molar refractivity (Wildman–Crippen MR) is 78.3 cm³/mol. The monoisotopic (exact) mass is 323 g/mol. The molecule has 0 fully saturated rings. The Hall–Kier alpha value is -1.32. The van der Waals surface area contributed by atoms with E-state index in [1.165, 1.54) is 0 Å². The van der Waals surface area contributed by atoms with E-state index in [1.807, 2.05) is 25.1 Å². The Morgan fingerprint density at radius 2 is 1.94 bits per heavy atom. The van der Waals surface area contributed by atoms with Crippen LogP contribution in [-0.4, -0.2) is 5.91 Å². The second-order valence-electron chi connectivity index (χ2n) is 3.90. The van der Waals surface area contributed by atoms with Crippen LogP contribution < -0.4 is 5.32 Å². The van der Waals surface area contributed by atoms with Gasteiger partial charge in [-0.25, -0.2) is 0 Å². The van der Waals surface area contributed by atoms with Crippen LogP contribution in [0.4, 0.5) is 5.69 Å². The summed E-state index contributed by atoms with van der Waals surface area (Å²) in [5.74, 6) is -0.206. The van der Waals surface area contributed by atoms with Gasteiger partial charge in [-0.15, -0.1) is 0 Å². The van der Waals surface area contributed by atoms with Gasteiger partial charge in [-0.2, -0.15) is 0 Å². The predicted octanol–water partition coefficient (Wildman–Crippen LogP) is 4.66. The molecule has 0 aliphatic carbocycles. The molecule has 2 nitrogen and oxygen atoms in total. The zero-order valence-electron chi connectivity index (χ0n) is 9.71. The number of anilines is 1. The summed E-state index contributed by atoms with van der Waals surface area (Å²) in [5.41, 5.74) is 2.28. The highest BCUT2D eigenvalue weighted by Gasteiger charge is 2.09. The molecule has 0 unspecified atom stereocenters. The lowest BCUT2D eigenvalue weighted by molar-refractivity contribution is 0.102. The third-order valence-corrected chi connectivity index (χ3v) is 3.75. The van der Waals surface area contributed by atoms with Crippen LogP contribution in [0.5, 0.6) is 0 Å².